The third kappa shape index (κ3) is 4.53. The van der Waals surface area contributed by atoms with Crippen molar-refractivity contribution in [2.75, 3.05) is 32.8 Å². The molecule has 1 spiro atoms. The fourth-order valence-corrected chi connectivity index (χ4v) is 4.70. The fraction of sp³-hybridized carbons (Fsp3) is 0.583. The van der Waals surface area contributed by atoms with Crippen molar-refractivity contribution in [3.8, 4) is 5.75 Å². The highest BCUT2D eigenvalue weighted by atomic mass is 16.5. The Morgan fingerprint density at radius 1 is 1.20 bits per heavy atom. The van der Waals surface area contributed by atoms with Crippen LogP contribution in [0.25, 0.3) is 0 Å². The molecule has 0 unspecified atom stereocenters. The number of ether oxygens (including phenoxy) is 1. The predicted molar refractivity (Wildman–Crippen MR) is 115 cm³/mol. The van der Waals surface area contributed by atoms with E-state index in [9.17, 15) is 4.79 Å². The van der Waals surface area contributed by atoms with E-state index in [0.717, 1.165) is 57.9 Å². The maximum absolute atomic E-state index is 12.7. The number of nitrogens with zero attached hydrogens (tertiary/aromatic N) is 3. The van der Waals surface area contributed by atoms with Crippen molar-refractivity contribution < 1.29 is 14.1 Å². The summed E-state index contributed by atoms with van der Waals surface area (Å²) in [5.41, 5.74) is 2.19. The van der Waals surface area contributed by atoms with Gasteiger partial charge in [-0.1, -0.05) is 37.2 Å². The smallest absolute Gasteiger partial charge is 0.259 e. The highest BCUT2D eigenvalue weighted by molar-refractivity contribution is 5.94. The summed E-state index contributed by atoms with van der Waals surface area (Å²) in [6, 6.07) is 8.42. The van der Waals surface area contributed by atoms with Crippen LogP contribution in [-0.2, 0) is 6.54 Å². The van der Waals surface area contributed by atoms with E-state index in [4.69, 9.17) is 9.26 Å². The van der Waals surface area contributed by atoms with Crippen LogP contribution < -0.4 is 4.74 Å². The van der Waals surface area contributed by atoms with Crippen molar-refractivity contribution in [1.29, 1.82) is 0 Å². The lowest BCUT2D eigenvalue weighted by Crippen LogP contribution is -2.44. The number of aromatic nitrogens is 1. The van der Waals surface area contributed by atoms with Gasteiger partial charge >= 0.3 is 0 Å². The highest BCUT2D eigenvalue weighted by Gasteiger charge is 2.41. The molecule has 1 amide bonds. The van der Waals surface area contributed by atoms with Crippen molar-refractivity contribution >= 4 is 5.91 Å². The summed E-state index contributed by atoms with van der Waals surface area (Å²) in [4.78, 5) is 17.3. The number of carbonyl (C=O) groups is 1. The topological polar surface area (TPSA) is 58.8 Å². The molecule has 4 rings (SSSR count). The molecular formula is C24H33N3O3. The standard InChI is InChI=1S/C24H33N3O3/c1-18(2)16-29-22-7-5-4-6-20(22)15-26-11-8-24(17-26)9-12-27(13-10-24)23(28)21-14-25-30-19(21)3/h4-7,14,18H,8-13,15-17H2,1-3H3. The Morgan fingerprint density at radius 2 is 1.93 bits per heavy atom. The molecule has 30 heavy (non-hydrogen) atoms. The zero-order valence-electron chi connectivity index (χ0n) is 18.4. The number of amides is 1. The molecule has 0 atom stereocenters. The summed E-state index contributed by atoms with van der Waals surface area (Å²) in [5, 5.41) is 3.75. The van der Waals surface area contributed by atoms with Crippen LogP contribution in [0, 0.1) is 18.3 Å². The lowest BCUT2D eigenvalue weighted by Gasteiger charge is -2.39. The average molecular weight is 412 g/mol. The van der Waals surface area contributed by atoms with Gasteiger partial charge < -0.3 is 14.2 Å². The maximum Gasteiger partial charge on any atom is 0.259 e. The second kappa shape index (κ2) is 8.80. The molecule has 0 bridgehead atoms. The number of rotatable bonds is 6. The summed E-state index contributed by atoms with van der Waals surface area (Å²) in [6.07, 6.45) is 4.87. The number of benzene rings is 1. The van der Waals surface area contributed by atoms with Gasteiger partial charge in [0.1, 0.15) is 17.1 Å². The highest BCUT2D eigenvalue weighted by Crippen LogP contribution is 2.41. The van der Waals surface area contributed by atoms with Crippen LogP contribution >= 0.6 is 0 Å². The van der Waals surface area contributed by atoms with Crippen molar-refractivity contribution in [3.63, 3.8) is 0 Å². The monoisotopic (exact) mass is 411 g/mol. The molecule has 2 aliphatic rings. The van der Waals surface area contributed by atoms with Crippen LogP contribution in [0.15, 0.2) is 35.0 Å². The fourth-order valence-electron chi connectivity index (χ4n) is 4.70. The molecule has 0 saturated carbocycles. The van der Waals surface area contributed by atoms with E-state index in [1.807, 2.05) is 4.90 Å². The van der Waals surface area contributed by atoms with Crippen LogP contribution in [0.4, 0.5) is 0 Å². The Labute approximate surface area is 179 Å². The summed E-state index contributed by atoms with van der Waals surface area (Å²) in [7, 11) is 0. The van der Waals surface area contributed by atoms with Gasteiger partial charge in [-0.2, -0.15) is 0 Å². The number of para-hydroxylation sites is 1. The second-order valence-electron chi connectivity index (χ2n) is 9.36. The molecule has 162 valence electrons. The van der Waals surface area contributed by atoms with E-state index in [1.165, 1.54) is 18.2 Å². The molecule has 1 aromatic heterocycles. The van der Waals surface area contributed by atoms with E-state index < -0.39 is 0 Å². The van der Waals surface area contributed by atoms with E-state index in [2.05, 4.69) is 48.2 Å². The number of carbonyl (C=O) groups excluding carboxylic acids is 1. The largest absolute Gasteiger partial charge is 0.493 e. The molecule has 2 saturated heterocycles. The normalized spacial score (nSPS) is 19.0. The van der Waals surface area contributed by atoms with Crippen LogP contribution in [0.5, 0.6) is 5.75 Å². The molecular weight excluding hydrogens is 378 g/mol. The summed E-state index contributed by atoms with van der Waals surface area (Å²) < 4.78 is 11.1. The Hall–Kier alpha value is -2.34. The summed E-state index contributed by atoms with van der Waals surface area (Å²) in [6.45, 7) is 11.6. The van der Waals surface area contributed by atoms with Crippen molar-refractivity contribution in [2.24, 2.45) is 11.3 Å². The summed E-state index contributed by atoms with van der Waals surface area (Å²) >= 11 is 0. The van der Waals surface area contributed by atoms with Gasteiger partial charge in [-0.25, -0.2) is 0 Å². The molecule has 2 aromatic rings. The number of likely N-dealkylation sites (tertiary alicyclic amines) is 2. The van der Waals surface area contributed by atoms with Gasteiger partial charge in [-0.15, -0.1) is 0 Å². The Bertz CT molecular complexity index is 868. The first-order valence-electron chi connectivity index (χ1n) is 11.1. The zero-order chi connectivity index (χ0) is 21.1. The van der Waals surface area contributed by atoms with Crippen LogP contribution in [0.1, 0.15) is 54.8 Å². The molecule has 6 heteroatoms. The summed E-state index contributed by atoms with van der Waals surface area (Å²) in [5.74, 6) is 2.18. The molecule has 6 nitrogen and oxygen atoms in total. The zero-order valence-corrected chi connectivity index (χ0v) is 18.4. The average Bonchev–Trinajstić information content (AvgIpc) is 3.33. The van der Waals surface area contributed by atoms with E-state index in [-0.39, 0.29) is 5.91 Å². The molecule has 0 aliphatic carbocycles. The minimum atomic E-state index is 0.0506. The maximum atomic E-state index is 12.7. The van der Waals surface area contributed by atoms with Crippen LogP contribution in [-0.4, -0.2) is 53.6 Å². The number of aryl methyl sites for hydroxylation is 1. The Kier molecular flexibility index (Phi) is 6.14. The lowest BCUT2D eigenvalue weighted by molar-refractivity contribution is 0.0586. The van der Waals surface area contributed by atoms with Gasteiger partial charge in [0, 0.05) is 31.7 Å². The molecule has 3 heterocycles. The third-order valence-electron chi connectivity index (χ3n) is 6.55. The van der Waals surface area contributed by atoms with Gasteiger partial charge in [-0.3, -0.25) is 9.69 Å². The Balaban J connectivity index is 1.33. The SMILES string of the molecule is Cc1oncc1C(=O)N1CCC2(CCN(Cc3ccccc3OCC(C)C)C2)CC1. The first kappa shape index (κ1) is 20.9. The first-order chi connectivity index (χ1) is 14.5. The third-order valence-corrected chi connectivity index (χ3v) is 6.55. The van der Waals surface area contributed by atoms with Gasteiger partial charge in [0.15, 0.2) is 0 Å². The number of hydrogen-bond acceptors (Lipinski definition) is 5. The first-order valence-corrected chi connectivity index (χ1v) is 11.1. The van der Waals surface area contributed by atoms with E-state index in [1.54, 1.807) is 6.92 Å². The van der Waals surface area contributed by atoms with Crippen LogP contribution in [0.2, 0.25) is 0 Å². The molecule has 2 aliphatic heterocycles. The quantitative estimate of drug-likeness (QED) is 0.715. The lowest BCUT2D eigenvalue weighted by atomic mass is 9.77. The van der Waals surface area contributed by atoms with Gasteiger partial charge in [0.2, 0.25) is 0 Å². The number of hydrogen-bond donors (Lipinski definition) is 0. The van der Waals surface area contributed by atoms with Crippen molar-refractivity contribution in [3.05, 3.63) is 47.3 Å². The molecule has 0 radical (unpaired) electrons. The van der Waals surface area contributed by atoms with E-state index in [0.29, 0.717) is 22.7 Å². The minimum absolute atomic E-state index is 0.0506. The predicted octanol–water partition coefficient (Wildman–Crippen LogP) is 4.15. The Morgan fingerprint density at radius 3 is 2.63 bits per heavy atom. The van der Waals surface area contributed by atoms with Gasteiger partial charge in [0.05, 0.1) is 12.8 Å². The minimum Gasteiger partial charge on any atom is -0.493 e. The van der Waals surface area contributed by atoms with Crippen molar-refractivity contribution in [2.45, 2.75) is 46.6 Å². The van der Waals surface area contributed by atoms with Crippen molar-refractivity contribution in [1.82, 2.24) is 15.0 Å². The molecule has 0 N–H and O–H groups in total. The molecule has 1 aromatic carbocycles. The second-order valence-corrected chi connectivity index (χ2v) is 9.36. The van der Waals surface area contributed by atoms with Gasteiger partial charge in [0.25, 0.3) is 5.91 Å². The van der Waals surface area contributed by atoms with Crippen LogP contribution in [0.3, 0.4) is 0 Å². The van der Waals surface area contributed by atoms with Gasteiger partial charge in [-0.05, 0) is 50.1 Å². The molecule has 2 fully saturated rings. The van der Waals surface area contributed by atoms with E-state index >= 15 is 0 Å². The number of piperidine rings is 1.